The van der Waals surface area contributed by atoms with Crippen molar-refractivity contribution < 1.29 is 5.11 Å². The summed E-state index contributed by atoms with van der Waals surface area (Å²) in [5.74, 6) is 0.562. The van der Waals surface area contributed by atoms with Crippen LogP contribution in [0.3, 0.4) is 0 Å². The Morgan fingerprint density at radius 3 is 2.33 bits per heavy atom. The van der Waals surface area contributed by atoms with Crippen LogP contribution in [0.2, 0.25) is 0 Å². The molecule has 2 aromatic rings. The van der Waals surface area contributed by atoms with Crippen LogP contribution in [0.25, 0.3) is 0 Å². The standard InChI is InChI=1S/C14H16N2OS/c1-10-8-11(2)16-14(15-10)18-9-13(17)12-6-4-3-5-7-12/h3-8,13,17H,9H2,1-2H3. The van der Waals surface area contributed by atoms with Gasteiger partial charge in [-0.3, -0.25) is 0 Å². The first-order chi connectivity index (χ1) is 8.65. The lowest BCUT2D eigenvalue weighted by Gasteiger charge is -2.10. The predicted molar refractivity (Wildman–Crippen MR) is 73.6 cm³/mol. The van der Waals surface area contributed by atoms with Gasteiger partial charge in [0.2, 0.25) is 0 Å². The van der Waals surface area contributed by atoms with Crippen molar-refractivity contribution in [1.82, 2.24) is 9.97 Å². The Balaban J connectivity index is 1.99. The molecule has 0 radical (unpaired) electrons. The van der Waals surface area contributed by atoms with Crippen LogP contribution >= 0.6 is 11.8 Å². The number of aromatic nitrogens is 2. The molecule has 94 valence electrons. The summed E-state index contributed by atoms with van der Waals surface area (Å²) in [7, 11) is 0. The molecule has 4 heteroatoms. The van der Waals surface area contributed by atoms with E-state index in [9.17, 15) is 5.11 Å². The van der Waals surface area contributed by atoms with Gasteiger partial charge < -0.3 is 5.11 Å². The number of hydrogen-bond donors (Lipinski definition) is 1. The van der Waals surface area contributed by atoms with Gasteiger partial charge in [0.25, 0.3) is 0 Å². The van der Waals surface area contributed by atoms with E-state index in [0.29, 0.717) is 5.75 Å². The molecule has 1 N–H and O–H groups in total. The summed E-state index contributed by atoms with van der Waals surface area (Å²) in [6, 6.07) is 11.6. The van der Waals surface area contributed by atoms with Crippen molar-refractivity contribution in [2.45, 2.75) is 25.1 Å². The average molecular weight is 260 g/mol. The van der Waals surface area contributed by atoms with Gasteiger partial charge in [0, 0.05) is 17.1 Å². The van der Waals surface area contributed by atoms with Gasteiger partial charge in [-0.25, -0.2) is 9.97 Å². The van der Waals surface area contributed by atoms with Crippen LogP contribution < -0.4 is 0 Å². The van der Waals surface area contributed by atoms with Gasteiger partial charge in [0.1, 0.15) is 0 Å². The SMILES string of the molecule is Cc1cc(C)nc(SCC(O)c2ccccc2)n1. The van der Waals surface area contributed by atoms with E-state index in [0.717, 1.165) is 22.1 Å². The summed E-state index contributed by atoms with van der Waals surface area (Å²) in [5.41, 5.74) is 2.84. The molecule has 1 aromatic carbocycles. The van der Waals surface area contributed by atoms with Crippen molar-refractivity contribution >= 4 is 11.8 Å². The Morgan fingerprint density at radius 2 is 1.72 bits per heavy atom. The summed E-state index contributed by atoms with van der Waals surface area (Å²) < 4.78 is 0. The third-order valence-corrected chi connectivity index (χ3v) is 3.44. The molecule has 0 saturated carbocycles. The topological polar surface area (TPSA) is 46.0 Å². The minimum atomic E-state index is -0.486. The molecule has 3 nitrogen and oxygen atoms in total. The first kappa shape index (κ1) is 13.1. The molecule has 1 aromatic heterocycles. The molecule has 0 fully saturated rings. The maximum atomic E-state index is 10.0. The number of aliphatic hydroxyl groups excluding tert-OH is 1. The zero-order chi connectivity index (χ0) is 13.0. The van der Waals surface area contributed by atoms with Gasteiger partial charge >= 0.3 is 0 Å². The van der Waals surface area contributed by atoms with Crippen molar-refractivity contribution in [3.63, 3.8) is 0 Å². The average Bonchev–Trinajstić information content (AvgIpc) is 2.36. The van der Waals surface area contributed by atoms with Gasteiger partial charge in [-0.15, -0.1) is 0 Å². The van der Waals surface area contributed by atoms with Crippen LogP contribution in [0, 0.1) is 13.8 Å². The maximum Gasteiger partial charge on any atom is 0.188 e. The highest BCUT2D eigenvalue weighted by Crippen LogP contribution is 2.22. The third kappa shape index (κ3) is 3.55. The smallest absolute Gasteiger partial charge is 0.188 e. The number of benzene rings is 1. The quantitative estimate of drug-likeness (QED) is 0.678. The summed E-state index contributed by atoms with van der Waals surface area (Å²) >= 11 is 1.48. The molecule has 0 bridgehead atoms. The summed E-state index contributed by atoms with van der Waals surface area (Å²) in [6.45, 7) is 3.90. The zero-order valence-electron chi connectivity index (χ0n) is 10.5. The molecule has 0 saturated heterocycles. The van der Waals surface area contributed by atoms with Crippen molar-refractivity contribution in [1.29, 1.82) is 0 Å². The van der Waals surface area contributed by atoms with Crippen molar-refractivity contribution in [2.75, 3.05) is 5.75 Å². The molecule has 0 aliphatic carbocycles. The fourth-order valence-electron chi connectivity index (χ4n) is 1.68. The van der Waals surface area contributed by atoms with Gasteiger partial charge in [-0.1, -0.05) is 42.1 Å². The Morgan fingerprint density at radius 1 is 1.11 bits per heavy atom. The highest BCUT2D eigenvalue weighted by molar-refractivity contribution is 7.99. The first-order valence-electron chi connectivity index (χ1n) is 5.83. The predicted octanol–water partition coefficient (Wildman–Crippen LogP) is 2.92. The van der Waals surface area contributed by atoms with E-state index < -0.39 is 6.10 Å². The van der Waals surface area contributed by atoms with Crippen molar-refractivity contribution in [3.8, 4) is 0 Å². The van der Waals surface area contributed by atoms with E-state index in [-0.39, 0.29) is 0 Å². The monoisotopic (exact) mass is 260 g/mol. The Labute approximate surface area is 111 Å². The molecule has 0 aliphatic rings. The molecule has 0 spiro atoms. The molecule has 1 heterocycles. The van der Waals surface area contributed by atoms with Crippen LogP contribution in [0.4, 0.5) is 0 Å². The molecule has 1 unspecified atom stereocenters. The van der Waals surface area contributed by atoms with E-state index in [4.69, 9.17) is 0 Å². The normalized spacial score (nSPS) is 12.4. The Kier molecular flexibility index (Phi) is 4.33. The Bertz CT molecular complexity index is 496. The molecule has 0 aliphatic heterocycles. The second kappa shape index (κ2) is 5.98. The number of thioether (sulfide) groups is 1. The van der Waals surface area contributed by atoms with Gasteiger partial charge in [-0.2, -0.15) is 0 Å². The van der Waals surface area contributed by atoms with E-state index in [2.05, 4.69) is 9.97 Å². The second-order valence-corrected chi connectivity index (χ2v) is 5.16. The molecule has 1 atom stereocenters. The lowest BCUT2D eigenvalue weighted by Crippen LogP contribution is -2.02. The maximum absolute atomic E-state index is 10.0. The lowest BCUT2D eigenvalue weighted by atomic mass is 10.1. The molecular formula is C14H16N2OS. The highest BCUT2D eigenvalue weighted by Gasteiger charge is 2.09. The summed E-state index contributed by atoms with van der Waals surface area (Å²) in [4.78, 5) is 8.68. The fourth-order valence-corrected chi connectivity index (χ4v) is 2.60. The lowest BCUT2D eigenvalue weighted by molar-refractivity contribution is 0.204. The van der Waals surface area contributed by atoms with E-state index >= 15 is 0 Å². The molecule has 0 amide bonds. The summed E-state index contributed by atoms with van der Waals surface area (Å²) in [6.07, 6.45) is -0.486. The molecule has 18 heavy (non-hydrogen) atoms. The zero-order valence-corrected chi connectivity index (χ0v) is 11.3. The van der Waals surface area contributed by atoms with E-state index in [1.165, 1.54) is 11.8 Å². The second-order valence-electron chi connectivity index (χ2n) is 4.17. The van der Waals surface area contributed by atoms with Crippen molar-refractivity contribution in [3.05, 3.63) is 53.3 Å². The largest absolute Gasteiger partial charge is 0.388 e. The molecule has 2 rings (SSSR count). The van der Waals surface area contributed by atoms with Gasteiger partial charge in [0.05, 0.1) is 6.10 Å². The van der Waals surface area contributed by atoms with Crippen LogP contribution in [0.1, 0.15) is 23.1 Å². The van der Waals surface area contributed by atoms with Gasteiger partial charge in [-0.05, 0) is 25.5 Å². The minimum Gasteiger partial charge on any atom is -0.388 e. The highest BCUT2D eigenvalue weighted by atomic mass is 32.2. The minimum absolute atomic E-state index is 0.486. The van der Waals surface area contributed by atoms with Crippen molar-refractivity contribution in [2.24, 2.45) is 0 Å². The third-order valence-electron chi connectivity index (χ3n) is 2.52. The van der Waals surface area contributed by atoms with E-state index in [1.54, 1.807) is 0 Å². The number of nitrogens with zero attached hydrogens (tertiary/aromatic N) is 2. The van der Waals surface area contributed by atoms with Crippen LogP contribution in [-0.4, -0.2) is 20.8 Å². The number of aliphatic hydroxyl groups is 1. The van der Waals surface area contributed by atoms with Crippen LogP contribution in [0.15, 0.2) is 41.6 Å². The van der Waals surface area contributed by atoms with E-state index in [1.807, 2.05) is 50.2 Å². The number of aryl methyl sites for hydroxylation is 2. The van der Waals surface area contributed by atoms with Crippen LogP contribution in [0.5, 0.6) is 0 Å². The Hall–Kier alpha value is -1.39. The van der Waals surface area contributed by atoms with Gasteiger partial charge in [0.15, 0.2) is 5.16 Å². The molecular weight excluding hydrogens is 244 g/mol. The first-order valence-corrected chi connectivity index (χ1v) is 6.82. The van der Waals surface area contributed by atoms with Crippen LogP contribution in [-0.2, 0) is 0 Å². The fraction of sp³-hybridized carbons (Fsp3) is 0.286. The summed E-state index contributed by atoms with van der Waals surface area (Å²) in [5, 5.41) is 10.8. The number of hydrogen-bond acceptors (Lipinski definition) is 4. The number of rotatable bonds is 4.